The van der Waals surface area contributed by atoms with Gasteiger partial charge in [-0.1, -0.05) is 36.4 Å². The van der Waals surface area contributed by atoms with Crippen LogP contribution in [0.4, 0.5) is 0 Å². The number of aliphatic imine (C=N–C) groups is 1. The Balaban J connectivity index is 1.12. The summed E-state index contributed by atoms with van der Waals surface area (Å²) < 4.78 is 10.9. The van der Waals surface area contributed by atoms with E-state index in [0.29, 0.717) is 13.3 Å². The highest BCUT2D eigenvalue weighted by Crippen LogP contribution is 2.32. The van der Waals surface area contributed by atoms with Gasteiger partial charge in [0.2, 0.25) is 6.79 Å². The third-order valence-corrected chi connectivity index (χ3v) is 5.85. The zero-order chi connectivity index (χ0) is 21.8. The van der Waals surface area contributed by atoms with Crippen LogP contribution in [0.3, 0.4) is 0 Å². The zero-order valence-corrected chi connectivity index (χ0v) is 18.3. The summed E-state index contributed by atoms with van der Waals surface area (Å²) in [6.07, 6.45) is 1.88. The Morgan fingerprint density at radius 1 is 1.06 bits per heavy atom. The van der Waals surface area contributed by atoms with E-state index in [4.69, 9.17) is 9.47 Å². The van der Waals surface area contributed by atoms with Gasteiger partial charge < -0.3 is 24.7 Å². The Morgan fingerprint density at radius 2 is 1.88 bits per heavy atom. The van der Waals surface area contributed by atoms with Gasteiger partial charge >= 0.3 is 0 Å². The highest BCUT2D eigenvalue weighted by Gasteiger charge is 2.21. The van der Waals surface area contributed by atoms with Gasteiger partial charge in [0.25, 0.3) is 0 Å². The molecule has 3 aromatic rings. The van der Waals surface area contributed by atoms with Gasteiger partial charge in [-0.25, -0.2) is 4.98 Å². The van der Waals surface area contributed by atoms with Crippen LogP contribution in [0.1, 0.15) is 11.4 Å². The van der Waals surface area contributed by atoms with E-state index >= 15 is 0 Å². The number of piperazine rings is 1. The lowest BCUT2D eigenvalue weighted by Gasteiger charge is -2.36. The summed E-state index contributed by atoms with van der Waals surface area (Å²) >= 11 is 0. The first-order chi connectivity index (χ1) is 15.8. The lowest BCUT2D eigenvalue weighted by atomic mass is 10.1. The number of nitrogens with one attached hydrogen (secondary N) is 2. The molecule has 8 heteroatoms. The van der Waals surface area contributed by atoms with Crippen molar-refractivity contribution in [1.82, 2.24) is 25.1 Å². The Morgan fingerprint density at radius 3 is 2.69 bits per heavy atom. The molecule has 1 fully saturated rings. The van der Waals surface area contributed by atoms with Crippen molar-refractivity contribution in [2.24, 2.45) is 4.99 Å². The lowest BCUT2D eigenvalue weighted by molar-refractivity contribution is 0.171. The number of nitrogens with zero attached hydrogens (tertiary/aromatic N) is 4. The van der Waals surface area contributed by atoms with E-state index in [-0.39, 0.29) is 0 Å². The first-order valence-electron chi connectivity index (χ1n) is 10.9. The highest BCUT2D eigenvalue weighted by molar-refractivity contribution is 5.80. The number of fused-ring (bicyclic) bond motifs is 1. The normalized spacial score (nSPS) is 16.4. The van der Waals surface area contributed by atoms with Crippen LogP contribution in [0.5, 0.6) is 11.5 Å². The minimum atomic E-state index is 0.315. The Hall–Kier alpha value is -3.52. The standard InChI is InChI=1S/C24H28N6O2/c1-25-24(27-15-23-26-14-20(28-23)19-5-3-2-4-6-19)30-11-9-29(10-12-30)16-18-7-8-21-22(13-18)32-17-31-21/h2-8,13-14H,9-12,15-17H2,1H3,(H,25,27)(H,26,28). The first kappa shape index (κ1) is 20.4. The second-order valence-corrected chi connectivity index (χ2v) is 7.96. The average molecular weight is 433 g/mol. The molecular weight excluding hydrogens is 404 g/mol. The number of imidazole rings is 1. The number of H-pyrrole nitrogens is 1. The van der Waals surface area contributed by atoms with Crippen molar-refractivity contribution in [3.8, 4) is 22.8 Å². The number of benzene rings is 2. The lowest BCUT2D eigenvalue weighted by Crippen LogP contribution is -2.52. The van der Waals surface area contributed by atoms with E-state index in [1.54, 1.807) is 0 Å². The first-order valence-corrected chi connectivity index (χ1v) is 10.9. The maximum absolute atomic E-state index is 5.50. The minimum Gasteiger partial charge on any atom is -0.454 e. The molecular formula is C24H28N6O2. The second-order valence-electron chi connectivity index (χ2n) is 7.96. The van der Waals surface area contributed by atoms with Gasteiger partial charge in [-0.2, -0.15) is 0 Å². The molecule has 8 nitrogen and oxygen atoms in total. The largest absolute Gasteiger partial charge is 0.454 e. The molecule has 0 amide bonds. The molecule has 2 aliphatic heterocycles. The molecule has 5 rings (SSSR count). The van der Waals surface area contributed by atoms with Crippen LogP contribution in [0.25, 0.3) is 11.3 Å². The number of ether oxygens (including phenoxy) is 2. The SMILES string of the molecule is CN=C(NCc1ncc(-c2ccccc2)[nH]1)N1CCN(Cc2ccc3c(c2)OCO3)CC1. The van der Waals surface area contributed by atoms with Crippen molar-refractivity contribution in [2.45, 2.75) is 13.1 Å². The molecule has 0 atom stereocenters. The molecule has 0 aliphatic carbocycles. The van der Waals surface area contributed by atoms with Gasteiger partial charge in [0.15, 0.2) is 17.5 Å². The van der Waals surface area contributed by atoms with Gasteiger partial charge in [-0.3, -0.25) is 9.89 Å². The van der Waals surface area contributed by atoms with Crippen LogP contribution >= 0.6 is 0 Å². The van der Waals surface area contributed by atoms with E-state index in [1.165, 1.54) is 5.56 Å². The number of aromatic nitrogens is 2. The van der Waals surface area contributed by atoms with Gasteiger partial charge in [0.1, 0.15) is 5.82 Å². The van der Waals surface area contributed by atoms with Gasteiger partial charge in [0, 0.05) is 39.8 Å². The van der Waals surface area contributed by atoms with Gasteiger partial charge in [-0.15, -0.1) is 0 Å². The van der Waals surface area contributed by atoms with Crippen LogP contribution in [-0.2, 0) is 13.1 Å². The van der Waals surface area contributed by atoms with Crippen molar-refractivity contribution in [3.05, 3.63) is 66.1 Å². The molecule has 0 saturated carbocycles. The Bertz CT molecular complexity index is 1070. The fourth-order valence-electron chi connectivity index (χ4n) is 4.13. The molecule has 3 heterocycles. The molecule has 166 valence electrons. The molecule has 0 unspecified atom stereocenters. The van der Waals surface area contributed by atoms with E-state index in [0.717, 1.165) is 67.3 Å². The monoisotopic (exact) mass is 432 g/mol. The van der Waals surface area contributed by atoms with Crippen LogP contribution in [0, 0.1) is 0 Å². The molecule has 2 N–H and O–H groups in total. The molecule has 2 aliphatic rings. The van der Waals surface area contributed by atoms with Crippen molar-refractivity contribution in [2.75, 3.05) is 40.0 Å². The summed E-state index contributed by atoms with van der Waals surface area (Å²) in [5, 5.41) is 3.45. The van der Waals surface area contributed by atoms with Crippen molar-refractivity contribution < 1.29 is 9.47 Å². The molecule has 32 heavy (non-hydrogen) atoms. The minimum absolute atomic E-state index is 0.315. The summed E-state index contributed by atoms with van der Waals surface area (Å²) in [7, 11) is 1.83. The summed E-state index contributed by atoms with van der Waals surface area (Å²) in [6, 6.07) is 16.4. The third kappa shape index (κ3) is 4.55. The van der Waals surface area contributed by atoms with Crippen LogP contribution in [0.15, 0.2) is 59.7 Å². The predicted molar refractivity (Wildman–Crippen MR) is 124 cm³/mol. The summed E-state index contributed by atoms with van der Waals surface area (Å²) in [5.74, 6) is 3.48. The highest BCUT2D eigenvalue weighted by atomic mass is 16.7. The topological polar surface area (TPSA) is 78.0 Å². The number of rotatable bonds is 5. The third-order valence-electron chi connectivity index (χ3n) is 5.85. The maximum Gasteiger partial charge on any atom is 0.231 e. The molecule has 0 radical (unpaired) electrons. The fraction of sp³-hybridized carbons (Fsp3) is 0.333. The van der Waals surface area contributed by atoms with E-state index in [9.17, 15) is 0 Å². The smallest absolute Gasteiger partial charge is 0.231 e. The maximum atomic E-state index is 5.50. The average Bonchev–Trinajstić information content (AvgIpc) is 3.50. The number of aromatic amines is 1. The molecule has 0 bridgehead atoms. The zero-order valence-electron chi connectivity index (χ0n) is 18.3. The Labute approximate surface area is 187 Å². The van der Waals surface area contributed by atoms with Crippen molar-refractivity contribution >= 4 is 5.96 Å². The molecule has 0 spiro atoms. The van der Waals surface area contributed by atoms with Crippen molar-refractivity contribution in [3.63, 3.8) is 0 Å². The predicted octanol–water partition coefficient (Wildman–Crippen LogP) is 2.70. The summed E-state index contributed by atoms with van der Waals surface area (Å²) in [5.41, 5.74) is 3.40. The Kier molecular flexibility index (Phi) is 5.93. The van der Waals surface area contributed by atoms with E-state index in [2.05, 4.69) is 54.3 Å². The number of guanidine groups is 1. The van der Waals surface area contributed by atoms with E-state index in [1.807, 2.05) is 37.5 Å². The second kappa shape index (κ2) is 9.32. The van der Waals surface area contributed by atoms with Crippen LogP contribution in [0.2, 0.25) is 0 Å². The molecule has 1 aromatic heterocycles. The van der Waals surface area contributed by atoms with Crippen LogP contribution < -0.4 is 14.8 Å². The van der Waals surface area contributed by atoms with Crippen LogP contribution in [-0.4, -0.2) is 65.7 Å². The quantitative estimate of drug-likeness (QED) is 0.477. The number of hydrogen-bond donors (Lipinski definition) is 2. The van der Waals surface area contributed by atoms with Gasteiger partial charge in [-0.05, 0) is 23.3 Å². The fourth-order valence-corrected chi connectivity index (χ4v) is 4.13. The van der Waals surface area contributed by atoms with Gasteiger partial charge in [0.05, 0.1) is 18.4 Å². The van der Waals surface area contributed by atoms with Crippen molar-refractivity contribution in [1.29, 1.82) is 0 Å². The molecule has 1 saturated heterocycles. The number of hydrogen-bond acceptors (Lipinski definition) is 5. The molecule has 2 aromatic carbocycles. The van der Waals surface area contributed by atoms with E-state index < -0.39 is 0 Å². The summed E-state index contributed by atoms with van der Waals surface area (Å²) in [4.78, 5) is 17.1. The summed E-state index contributed by atoms with van der Waals surface area (Å²) in [6.45, 7) is 5.65.